The number of nitrogens with zero attached hydrogens (tertiary/aromatic N) is 3. The van der Waals surface area contributed by atoms with Crippen molar-refractivity contribution in [3.8, 4) is 11.3 Å². The van der Waals surface area contributed by atoms with Gasteiger partial charge in [-0.15, -0.1) is 11.3 Å². The van der Waals surface area contributed by atoms with E-state index in [1.165, 1.54) is 18.3 Å². The first-order valence-corrected chi connectivity index (χ1v) is 9.28. The van der Waals surface area contributed by atoms with Crippen molar-refractivity contribution in [1.82, 2.24) is 4.98 Å². The zero-order valence-corrected chi connectivity index (χ0v) is 16.6. The molecule has 0 radical (unpaired) electrons. The van der Waals surface area contributed by atoms with Crippen molar-refractivity contribution < 1.29 is 14.6 Å². The van der Waals surface area contributed by atoms with Crippen molar-refractivity contribution in [2.75, 3.05) is 5.32 Å². The molecule has 3 aromatic rings. The average Bonchev–Trinajstić information content (AvgIpc) is 3.02. The highest BCUT2D eigenvalue weighted by Gasteiger charge is 2.26. The van der Waals surface area contributed by atoms with Crippen LogP contribution in [0.3, 0.4) is 0 Å². The molecule has 9 nitrogen and oxygen atoms in total. The van der Waals surface area contributed by atoms with Gasteiger partial charge in [0.1, 0.15) is 5.56 Å². The molecule has 0 saturated heterocycles. The largest absolute Gasteiger partial charge is 0.298 e. The van der Waals surface area contributed by atoms with Crippen molar-refractivity contribution in [3.63, 3.8) is 0 Å². The summed E-state index contributed by atoms with van der Waals surface area (Å²) < 4.78 is 0. The van der Waals surface area contributed by atoms with Gasteiger partial charge in [0.25, 0.3) is 17.3 Å². The van der Waals surface area contributed by atoms with Crippen LogP contribution in [0.25, 0.3) is 11.3 Å². The molecule has 0 aliphatic heterocycles. The van der Waals surface area contributed by atoms with Gasteiger partial charge >= 0.3 is 0 Å². The first kappa shape index (κ1) is 20.1. The summed E-state index contributed by atoms with van der Waals surface area (Å²) in [5.41, 5.74) is 1.46. The van der Waals surface area contributed by atoms with E-state index in [1.807, 2.05) is 38.1 Å². The summed E-state index contributed by atoms with van der Waals surface area (Å²) in [6, 6.07) is 9.82. The summed E-state index contributed by atoms with van der Waals surface area (Å²) in [7, 11) is 0. The molecular weight excluding hydrogens is 396 g/mol. The number of anilines is 1. The number of carbonyl (C=O) groups excluding carboxylic acids is 1. The Balaban J connectivity index is 1.93. The van der Waals surface area contributed by atoms with E-state index in [0.29, 0.717) is 10.8 Å². The maximum atomic E-state index is 12.6. The Morgan fingerprint density at radius 1 is 1.00 bits per heavy atom. The minimum atomic E-state index is -0.748. The molecule has 0 aliphatic rings. The zero-order chi connectivity index (χ0) is 21.3. The SMILES string of the molecule is Cc1ccc(-c2nc(NC(=O)c3cc([N+](=O)[O-])c(C)c([N+](=O)[O-])c3)sc2C)cc1. The van der Waals surface area contributed by atoms with Gasteiger partial charge in [0.05, 0.1) is 21.1 Å². The minimum absolute atomic E-state index is 0.108. The standard InChI is InChI=1S/C19H16N4O5S/c1-10-4-6-13(7-5-10)17-12(3)29-19(20-17)21-18(24)14-8-15(22(25)26)11(2)16(9-14)23(27)28/h4-9H,1-3H3,(H,20,21,24). The second-order valence-electron chi connectivity index (χ2n) is 6.40. The van der Waals surface area contributed by atoms with Crippen molar-refractivity contribution >= 4 is 33.8 Å². The van der Waals surface area contributed by atoms with Gasteiger partial charge in [-0.2, -0.15) is 0 Å². The van der Waals surface area contributed by atoms with E-state index in [0.717, 1.165) is 28.1 Å². The molecule has 2 aromatic carbocycles. The topological polar surface area (TPSA) is 128 Å². The van der Waals surface area contributed by atoms with Crippen LogP contribution in [0.2, 0.25) is 0 Å². The Bertz CT molecular complexity index is 1100. The van der Waals surface area contributed by atoms with Crippen LogP contribution >= 0.6 is 11.3 Å². The fraction of sp³-hybridized carbons (Fsp3) is 0.158. The number of aryl methyl sites for hydroxylation is 2. The lowest BCUT2D eigenvalue weighted by molar-refractivity contribution is -0.395. The molecule has 148 valence electrons. The molecule has 0 spiro atoms. The lowest BCUT2D eigenvalue weighted by Gasteiger charge is -2.05. The Kier molecular flexibility index (Phi) is 5.37. The van der Waals surface area contributed by atoms with E-state index in [9.17, 15) is 25.0 Å². The van der Waals surface area contributed by atoms with Crippen LogP contribution in [-0.4, -0.2) is 20.7 Å². The smallest absolute Gasteiger partial charge is 0.279 e. The number of carbonyl (C=O) groups is 1. The highest BCUT2D eigenvalue weighted by atomic mass is 32.1. The summed E-state index contributed by atoms with van der Waals surface area (Å²) in [6.45, 7) is 5.11. The summed E-state index contributed by atoms with van der Waals surface area (Å²) in [5, 5.41) is 25.3. The molecule has 0 fully saturated rings. The second kappa shape index (κ2) is 7.76. The van der Waals surface area contributed by atoms with Gasteiger partial charge in [-0.05, 0) is 20.8 Å². The third kappa shape index (κ3) is 4.11. The maximum absolute atomic E-state index is 12.6. The molecule has 3 rings (SSSR count). The first-order chi connectivity index (χ1) is 13.7. The molecule has 0 atom stereocenters. The van der Waals surface area contributed by atoms with Crippen molar-refractivity contribution in [2.24, 2.45) is 0 Å². The molecule has 0 aliphatic carbocycles. The molecule has 10 heteroatoms. The third-order valence-electron chi connectivity index (χ3n) is 4.35. The minimum Gasteiger partial charge on any atom is -0.298 e. The Morgan fingerprint density at radius 2 is 1.55 bits per heavy atom. The van der Waals surface area contributed by atoms with Gasteiger partial charge in [-0.25, -0.2) is 4.98 Å². The number of nitro groups is 2. The molecule has 1 aromatic heterocycles. The number of nitrogens with one attached hydrogen (secondary N) is 1. The molecule has 1 amide bonds. The van der Waals surface area contributed by atoms with Crippen LogP contribution in [0.15, 0.2) is 36.4 Å². The van der Waals surface area contributed by atoms with E-state index in [2.05, 4.69) is 10.3 Å². The van der Waals surface area contributed by atoms with Gasteiger partial charge in [0.15, 0.2) is 5.13 Å². The number of benzene rings is 2. The van der Waals surface area contributed by atoms with Crippen molar-refractivity contribution in [2.45, 2.75) is 20.8 Å². The average molecular weight is 412 g/mol. The Morgan fingerprint density at radius 3 is 2.07 bits per heavy atom. The summed E-state index contributed by atoms with van der Waals surface area (Å²) in [6.07, 6.45) is 0. The van der Waals surface area contributed by atoms with E-state index >= 15 is 0 Å². The lowest BCUT2D eigenvalue weighted by Crippen LogP contribution is -2.13. The third-order valence-corrected chi connectivity index (χ3v) is 5.24. The van der Waals surface area contributed by atoms with E-state index < -0.39 is 27.1 Å². The first-order valence-electron chi connectivity index (χ1n) is 8.46. The molecule has 0 saturated carbocycles. The molecule has 0 unspecified atom stereocenters. The molecule has 1 heterocycles. The van der Waals surface area contributed by atoms with Crippen LogP contribution in [0, 0.1) is 41.0 Å². The van der Waals surface area contributed by atoms with E-state index in [1.54, 1.807) is 0 Å². The fourth-order valence-electron chi connectivity index (χ4n) is 2.79. The number of rotatable bonds is 5. The normalized spacial score (nSPS) is 10.6. The number of thiazole rings is 1. The molecule has 29 heavy (non-hydrogen) atoms. The highest BCUT2D eigenvalue weighted by molar-refractivity contribution is 7.16. The summed E-state index contributed by atoms with van der Waals surface area (Å²) in [4.78, 5) is 38.8. The molecule has 1 N–H and O–H groups in total. The number of nitro benzene ring substituents is 2. The van der Waals surface area contributed by atoms with E-state index in [-0.39, 0.29) is 11.1 Å². The summed E-state index contributed by atoms with van der Waals surface area (Å²) in [5.74, 6) is -0.708. The van der Waals surface area contributed by atoms with Crippen LogP contribution in [0.1, 0.15) is 26.4 Å². The highest BCUT2D eigenvalue weighted by Crippen LogP contribution is 2.32. The van der Waals surface area contributed by atoms with Crippen LogP contribution in [0.5, 0.6) is 0 Å². The van der Waals surface area contributed by atoms with Gasteiger partial charge in [0, 0.05) is 22.6 Å². The maximum Gasteiger partial charge on any atom is 0.279 e. The monoisotopic (exact) mass is 412 g/mol. The quantitative estimate of drug-likeness (QED) is 0.473. The summed E-state index contributed by atoms with van der Waals surface area (Å²) >= 11 is 1.25. The predicted octanol–water partition coefficient (Wildman–Crippen LogP) is 4.80. The predicted molar refractivity (Wildman–Crippen MR) is 109 cm³/mol. The van der Waals surface area contributed by atoms with Crippen LogP contribution < -0.4 is 5.32 Å². The Hall–Kier alpha value is -3.66. The molecular formula is C19H16N4O5S. The number of aromatic nitrogens is 1. The van der Waals surface area contributed by atoms with E-state index in [4.69, 9.17) is 0 Å². The van der Waals surface area contributed by atoms with Gasteiger partial charge in [-0.1, -0.05) is 29.8 Å². The van der Waals surface area contributed by atoms with Gasteiger partial charge in [0.2, 0.25) is 0 Å². The second-order valence-corrected chi connectivity index (χ2v) is 7.60. The van der Waals surface area contributed by atoms with Crippen molar-refractivity contribution in [1.29, 1.82) is 0 Å². The van der Waals surface area contributed by atoms with Gasteiger partial charge < -0.3 is 0 Å². The lowest BCUT2D eigenvalue weighted by atomic mass is 10.1. The van der Waals surface area contributed by atoms with Crippen LogP contribution in [0.4, 0.5) is 16.5 Å². The number of hydrogen-bond acceptors (Lipinski definition) is 7. The number of amides is 1. The van der Waals surface area contributed by atoms with Crippen LogP contribution in [-0.2, 0) is 0 Å². The fourth-order valence-corrected chi connectivity index (χ4v) is 3.62. The number of hydrogen-bond donors (Lipinski definition) is 1. The molecule has 0 bridgehead atoms. The Labute approximate surface area is 169 Å². The van der Waals surface area contributed by atoms with Crippen molar-refractivity contribution in [3.05, 3.63) is 78.2 Å². The zero-order valence-electron chi connectivity index (χ0n) is 15.8. The van der Waals surface area contributed by atoms with Gasteiger partial charge in [-0.3, -0.25) is 30.3 Å².